The predicted octanol–water partition coefficient (Wildman–Crippen LogP) is 3.52. The van der Waals surface area contributed by atoms with E-state index < -0.39 is 40.3 Å². The van der Waals surface area contributed by atoms with Crippen molar-refractivity contribution in [3.63, 3.8) is 0 Å². The summed E-state index contributed by atoms with van der Waals surface area (Å²) in [6.45, 7) is 4.35. The minimum absolute atomic E-state index is 0.0182. The van der Waals surface area contributed by atoms with Crippen molar-refractivity contribution in [3.8, 4) is 11.3 Å². The first kappa shape index (κ1) is 37.5. The zero-order valence-corrected chi connectivity index (χ0v) is 31.5. The van der Waals surface area contributed by atoms with Gasteiger partial charge in [0.2, 0.25) is 15.9 Å². The number of carbonyl (C=O) groups is 2. The molecule has 2 saturated heterocycles. The number of thiophene rings is 1. The summed E-state index contributed by atoms with van der Waals surface area (Å²) < 4.78 is 72.6. The molecule has 18 heteroatoms. The van der Waals surface area contributed by atoms with Crippen LogP contribution >= 0.6 is 11.3 Å². The molecule has 0 spiro atoms. The molecule has 3 aliphatic heterocycles. The molecule has 2 fully saturated rings. The van der Waals surface area contributed by atoms with Crippen molar-refractivity contribution in [2.24, 2.45) is 7.05 Å². The van der Waals surface area contributed by atoms with E-state index in [1.54, 1.807) is 22.5 Å². The number of halogens is 3. The molecule has 0 aliphatic carbocycles. The Kier molecular flexibility index (Phi) is 10.2. The van der Waals surface area contributed by atoms with Crippen LogP contribution in [0.4, 0.5) is 13.2 Å². The number of rotatable bonds is 10. The Morgan fingerprint density at radius 1 is 1.09 bits per heavy atom. The largest absolute Gasteiger partial charge is 0.416 e. The topological polar surface area (TPSA) is 146 Å². The molecule has 53 heavy (non-hydrogen) atoms. The molecule has 6 heterocycles. The Hall–Kier alpha value is -3.84. The summed E-state index contributed by atoms with van der Waals surface area (Å²) in [5.74, 6) is -0.306. The average molecular weight is 777 g/mol. The van der Waals surface area contributed by atoms with E-state index in [0.717, 1.165) is 72.8 Å². The van der Waals surface area contributed by atoms with Crippen molar-refractivity contribution in [1.29, 1.82) is 0 Å². The highest BCUT2D eigenvalue weighted by Crippen LogP contribution is 2.37. The van der Waals surface area contributed by atoms with E-state index in [2.05, 4.69) is 15.3 Å². The van der Waals surface area contributed by atoms with E-state index in [-0.39, 0.29) is 37.1 Å². The maximum atomic E-state index is 14.3. The Labute approximate surface area is 309 Å². The SMILES string of the molecule is Cc1nn(C)c2sc(C(=O)NCc3cc(-c4nn(CC(O)CN5CCC(N6CCCC6=O)CC5)c5c4CN(S(C)(=O)=O)CC5)ccc3C(F)(F)F)cc12. The molecular formula is C35H43F3N8O5S2. The van der Waals surface area contributed by atoms with Gasteiger partial charge in [-0.05, 0) is 49.9 Å². The number of likely N-dealkylation sites (tertiary alicyclic amines) is 2. The van der Waals surface area contributed by atoms with Crippen molar-refractivity contribution >= 4 is 43.4 Å². The number of hydrogen-bond donors (Lipinski definition) is 2. The van der Waals surface area contributed by atoms with Gasteiger partial charge in [0.15, 0.2) is 0 Å². The van der Waals surface area contributed by atoms with Gasteiger partial charge in [0.25, 0.3) is 5.91 Å². The quantitative estimate of drug-likeness (QED) is 0.249. The molecule has 0 bridgehead atoms. The maximum absolute atomic E-state index is 14.3. The normalized spacial score (nSPS) is 18.6. The van der Waals surface area contributed by atoms with Gasteiger partial charge in [-0.3, -0.25) is 19.0 Å². The van der Waals surface area contributed by atoms with Gasteiger partial charge >= 0.3 is 6.18 Å². The van der Waals surface area contributed by atoms with Crippen molar-refractivity contribution in [3.05, 3.63) is 57.2 Å². The molecule has 2 N–H and O–H groups in total. The van der Waals surface area contributed by atoms with Crippen molar-refractivity contribution in [2.75, 3.05) is 39.0 Å². The van der Waals surface area contributed by atoms with Crippen LogP contribution in [0.25, 0.3) is 21.5 Å². The maximum Gasteiger partial charge on any atom is 0.416 e. The minimum atomic E-state index is -4.70. The van der Waals surface area contributed by atoms with E-state index in [1.807, 2.05) is 11.8 Å². The molecule has 4 aromatic rings. The van der Waals surface area contributed by atoms with Gasteiger partial charge in [0.05, 0.1) is 40.7 Å². The number of nitrogens with zero attached hydrogens (tertiary/aromatic N) is 7. The highest BCUT2D eigenvalue weighted by molar-refractivity contribution is 7.88. The summed E-state index contributed by atoms with van der Waals surface area (Å²) >= 11 is 1.20. The number of hydrogen-bond acceptors (Lipinski definition) is 9. The summed E-state index contributed by atoms with van der Waals surface area (Å²) in [4.78, 5) is 30.6. The number of sulfonamides is 1. The number of alkyl halides is 3. The molecule has 286 valence electrons. The molecule has 1 unspecified atom stereocenters. The van der Waals surface area contributed by atoms with Crippen LogP contribution in [0.3, 0.4) is 0 Å². The number of carbonyl (C=O) groups excluding carboxylic acids is 2. The lowest BCUT2D eigenvalue weighted by atomic mass is 9.97. The third-order valence-electron chi connectivity index (χ3n) is 10.6. The molecule has 3 aliphatic rings. The van der Waals surface area contributed by atoms with E-state index >= 15 is 0 Å². The summed E-state index contributed by atoms with van der Waals surface area (Å²) in [5, 5.41) is 23.8. The first-order chi connectivity index (χ1) is 25.1. The fourth-order valence-electron chi connectivity index (χ4n) is 7.90. The lowest BCUT2D eigenvalue weighted by Gasteiger charge is -2.37. The molecular weight excluding hydrogens is 734 g/mol. The van der Waals surface area contributed by atoms with Crippen molar-refractivity contribution in [1.82, 2.24) is 39.0 Å². The summed E-state index contributed by atoms with van der Waals surface area (Å²) in [7, 11) is -1.83. The molecule has 1 atom stereocenters. The van der Waals surface area contributed by atoms with Crippen LogP contribution in [0.15, 0.2) is 24.3 Å². The number of fused-ring (bicyclic) bond motifs is 2. The first-order valence-corrected chi connectivity index (χ1v) is 20.4. The number of aliphatic hydroxyl groups is 1. The Bertz CT molecular complexity index is 2120. The number of nitrogens with one attached hydrogen (secondary N) is 1. The summed E-state index contributed by atoms with van der Waals surface area (Å²) in [5.41, 5.74) is 1.61. The average Bonchev–Trinajstić information content (AvgIpc) is 3.88. The molecule has 3 aromatic heterocycles. The number of piperidine rings is 1. The van der Waals surface area contributed by atoms with Crippen LogP contribution < -0.4 is 5.32 Å². The van der Waals surface area contributed by atoms with Crippen LogP contribution in [0.2, 0.25) is 0 Å². The van der Waals surface area contributed by atoms with Gasteiger partial charge in [-0.15, -0.1) is 11.3 Å². The highest BCUT2D eigenvalue weighted by Gasteiger charge is 2.36. The number of aliphatic hydroxyl groups excluding tert-OH is 1. The summed E-state index contributed by atoms with van der Waals surface area (Å²) in [6, 6.07) is 5.52. The highest BCUT2D eigenvalue weighted by atomic mass is 32.2. The van der Waals surface area contributed by atoms with Gasteiger partial charge in [0, 0.05) is 94.0 Å². The monoisotopic (exact) mass is 776 g/mol. The number of aryl methyl sites for hydroxylation is 2. The predicted molar refractivity (Wildman–Crippen MR) is 193 cm³/mol. The fourth-order valence-corrected chi connectivity index (χ4v) is 9.73. The van der Waals surface area contributed by atoms with E-state index in [4.69, 9.17) is 5.10 Å². The van der Waals surface area contributed by atoms with Gasteiger partial charge in [0.1, 0.15) is 4.83 Å². The second kappa shape index (κ2) is 14.4. The van der Waals surface area contributed by atoms with Crippen LogP contribution in [0.5, 0.6) is 0 Å². The summed E-state index contributed by atoms with van der Waals surface area (Å²) in [6.07, 6.45) is -0.937. The Morgan fingerprint density at radius 2 is 1.85 bits per heavy atom. The van der Waals surface area contributed by atoms with Gasteiger partial charge in [-0.2, -0.15) is 27.7 Å². The zero-order valence-electron chi connectivity index (χ0n) is 29.8. The van der Waals surface area contributed by atoms with Gasteiger partial charge < -0.3 is 20.2 Å². The van der Waals surface area contributed by atoms with E-state index in [0.29, 0.717) is 41.1 Å². The van der Waals surface area contributed by atoms with Crippen molar-refractivity contribution < 1.29 is 36.3 Å². The van der Waals surface area contributed by atoms with Crippen molar-refractivity contribution in [2.45, 2.75) is 77.0 Å². The Morgan fingerprint density at radius 3 is 2.51 bits per heavy atom. The fraction of sp³-hybridized carbons (Fsp3) is 0.543. The number of benzene rings is 1. The standard InChI is InChI=1S/C35H43F3N8O5S2/c1-21-26-16-30(52-34(26)42(2)40-21)33(49)39-17-23-15-22(6-7-28(23)35(36,37)38)32-27-20-44(53(3,50)51)14-10-29(27)46(41-32)19-25(47)18-43-12-8-24(9-13-43)45-11-4-5-31(45)48/h6-7,15-16,24-25,47H,4-5,8-14,17-20H2,1-3H3,(H,39,49). The number of β-amino-alcohol motifs (C(OH)–C–C–N with tert-alkyl or cyclic N) is 1. The van der Waals surface area contributed by atoms with Crippen LogP contribution in [-0.2, 0) is 54.1 Å². The van der Waals surface area contributed by atoms with Crippen LogP contribution in [-0.4, -0.2) is 110 Å². The molecule has 0 saturated carbocycles. The third-order valence-corrected chi connectivity index (χ3v) is 13.0. The lowest BCUT2D eigenvalue weighted by molar-refractivity contribution is -0.138. The van der Waals surface area contributed by atoms with E-state index in [1.165, 1.54) is 27.8 Å². The second-order valence-corrected chi connectivity index (χ2v) is 17.3. The van der Waals surface area contributed by atoms with Gasteiger partial charge in [-0.1, -0.05) is 6.07 Å². The Balaban J connectivity index is 1.13. The molecule has 13 nitrogen and oxygen atoms in total. The van der Waals surface area contributed by atoms with Gasteiger partial charge in [-0.25, -0.2) is 8.42 Å². The first-order valence-electron chi connectivity index (χ1n) is 17.7. The van der Waals surface area contributed by atoms with E-state index in [9.17, 15) is 36.3 Å². The second-order valence-electron chi connectivity index (χ2n) is 14.3. The molecule has 2 amide bonds. The smallest absolute Gasteiger partial charge is 0.390 e. The number of amides is 2. The molecule has 7 rings (SSSR count). The number of aromatic nitrogens is 4. The molecule has 1 aromatic carbocycles. The minimum Gasteiger partial charge on any atom is -0.390 e. The lowest BCUT2D eigenvalue weighted by Crippen LogP contribution is -2.47. The third kappa shape index (κ3) is 7.74. The van der Waals surface area contributed by atoms with Crippen LogP contribution in [0, 0.1) is 6.92 Å². The van der Waals surface area contributed by atoms with Crippen LogP contribution in [0.1, 0.15) is 63.4 Å². The molecule has 0 radical (unpaired) electrons. The zero-order chi connectivity index (χ0) is 37.8.